The minimum absolute atomic E-state index is 0.0149. The number of aliphatic carboxylic acids is 1. The number of carbonyl (C=O) groups excluding carboxylic acids is 2. The topological polar surface area (TPSA) is 95.9 Å². The van der Waals surface area contributed by atoms with Gasteiger partial charge in [0.15, 0.2) is 0 Å². The summed E-state index contributed by atoms with van der Waals surface area (Å²) in [7, 11) is 0. The first-order valence-corrected chi connectivity index (χ1v) is 10.4. The van der Waals surface area contributed by atoms with Crippen molar-refractivity contribution in [1.29, 1.82) is 0 Å². The molecule has 3 rings (SSSR count). The molecule has 0 spiro atoms. The molecule has 0 aromatic heterocycles. The number of likely N-dealkylation sites (tertiary alicyclic amines) is 1. The number of nitrogens with one attached hydrogen (secondary N) is 1. The molecule has 27 heavy (non-hydrogen) atoms. The van der Waals surface area contributed by atoms with Crippen molar-refractivity contribution in [1.82, 2.24) is 10.2 Å². The molecule has 5 atom stereocenters. The number of amides is 1. The third-order valence-electron chi connectivity index (χ3n) is 6.29. The van der Waals surface area contributed by atoms with Gasteiger partial charge in [0.25, 0.3) is 0 Å². The van der Waals surface area contributed by atoms with Crippen molar-refractivity contribution < 1.29 is 24.2 Å². The minimum atomic E-state index is -0.926. The van der Waals surface area contributed by atoms with Gasteiger partial charge in [0.2, 0.25) is 5.91 Å². The van der Waals surface area contributed by atoms with Crippen LogP contribution in [0.5, 0.6) is 0 Å². The van der Waals surface area contributed by atoms with Crippen molar-refractivity contribution >= 4 is 17.8 Å². The van der Waals surface area contributed by atoms with Crippen LogP contribution in [0.15, 0.2) is 0 Å². The summed E-state index contributed by atoms with van der Waals surface area (Å²) in [6, 6.07) is -1.86. The molecule has 2 aliphatic carbocycles. The Hall–Kier alpha value is -1.63. The van der Waals surface area contributed by atoms with Crippen molar-refractivity contribution in [3.8, 4) is 0 Å². The van der Waals surface area contributed by atoms with Gasteiger partial charge in [-0.25, -0.2) is 4.79 Å². The smallest absolute Gasteiger partial charge is 0.326 e. The summed E-state index contributed by atoms with van der Waals surface area (Å²) in [5.41, 5.74) is 0. The highest BCUT2D eigenvalue weighted by atomic mass is 16.5. The number of carbonyl (C=O) groups is 3. The molecule has 0 aromatic carbocycles. The highest BCUT2D eigenvalue weighted by Crippen LogP contribution is 2.40. The van der Waals surface area contributed by atoms with E-state index in [9.17, 15) is 19.5 Å². The van der Waals surface area contributed by atoms with Crippen LogP contribution in [0.3, 0.4) is 0 Å². The molecule has 1 heterocycles. The maximum atomic E-state index is 13.2. The van der Waals surface area contributed by atoms with Crippen LogP contribution in [0.25, 0.3) is 0 Å². The fraction of sp³-hybridized carbons (Fsp3) is 0.850. The van der Waals surface area contributed by atoms with Crippen LogP contribution in [-0.4, -0.2) is 58.6 Å². The Bertz CT molecular complexity index is 577. The normalized spacial score (nSPS) is 29.7. The van der Waals surface area contributed by atoms with E-state index < -0.39 is 24.1 Å². The van der Waals surface area contributed by atoms with Crippen molar-refractivity contribution in [2.24, 2.45) is 11.8 Å². The maximum Gasteiger partial charge on any atom is 0.326 e. The highest BCUT2D eigenvalue weighted by Gasteiger charge is 2.48. The van der Waals surface area contributed by atoms with Gasteiger partial charge in [0.1, 0.15) is 12.1 Å². The lowest BCUT2D eigenvalue weighted by Gasteiger charge is -2.35. The Labute approximate surface area is 160 Å². The number of ether oxygens (including phenoxy) is 1. The molecule has 0 bridgehead atoms. The van der Waals surface area contributed by atoms with Gasteiger partial charge in [-0.3, -0.25) is 14.9 Å². The second-order valence-corrected chi connectivity index (χ2v) is 8.32. The van der Waals surface area contributed by atoms with E-state index in [1.54, 1.807) is 18.7 Å². The van der Waals surface area contributed by atoms with Gasteiger partial charge in [0, 0.05) is 6.04 Å². The van der Waals surface area contributed by atoms with Crippen LogP contribution in [0.4, 0.5) is 0 Å². The molecule has 0 radical (unpaired) electrons. The zero-order chi connectivity index (χ0) is 19.6. The van der Waals surface area contributed by atoms with E-state index in [1.807, 2.05) is 0 Å². The lowest BCUT2D eigenvalue weighted by molar-refractivity contribution is -0.152. The van der Waals surface area contributed by atoms with E-state index in [0.29, 0.717) is 25.4 Å². The largest absolute Gasteiger partial charge is 0.480 e. The number of fused-ring (bicyclic) bond motifs is 1. The number of esters is 1. The number of nitrogens with zero attached hydrogens (tertiary/aromatic N) is 1. The van der Waals surface area contributed by atoms with Gasteiger partial charge in [-0.2, -0.15) is 0 Å². The van der Waals surface area contributed by atoms with E-state index in [1.165, 1.54) is 0 Å². The SMILES string of the molecule is CCOC(=O)[C@H](CC1CC1)N[C@@H](C)C(=O)N1C2CCCCC2C[C@H]1C(=O)O. The molecule has 7 nitrogen and oxygen atoms in total. The van der Waals surface area contributed by atoms with Crippen molar-refractivity contribution in [3.63, 3.8) is 0 Å². The van der Waals surface area contributed by atoms with E-state index in [0.717, 1.165) is 38.5 Å². The lowest BCUT2D eigenvalue weighted by Crippen LogP contribution is -2.55. The summed E-state index contributed by atoms with van der Waals surface area (Å²) in [6.07, 6.45) is 7.44. The molecular weight excluding hydrogens is 348 g/mol. The molecule has 3 fully saturated rings. The average molecular weight is 380 g/mol. The Kier molecular flexibility index (Phi) is 6.40. The van der Waals surface area contributed by atoms with Crippen LogP contribution >= 0.6 is 0 Å². The summed E-state index contributed by atoms with van der Waals surface area (Å²) < 4.78 is 5.16. The Balaban J connectivity index is 1.69. The van der Waals surface area contributed by atoms with Crippen molar-refractivity contribution in [2.75, 3.05) is 6.61 Å². The van der Waals surface area contributed by atoms with Crippen LogP contribution in [-0.2, 0) is 19.1 Å². The molecule has 7 heteroatoms. The Morgan fingerprint density at radius 1 is 1.19 bits per heavy atom. The van der Waals surface area contributed by atoms with E-state index in [4.69, 9.17) is 4.74 Å². The quantitative estimate of drug-likeness (QED) is 0.625. The summed E-state index contributed by atoms with van der Waals surface area (Å²) in [4.78, 5) is 38.8. The van der Waals surface area contributed by atoms with Crippen LogP contribution in [0.2, 0.25) is 0 Å². The van der Waals surface area contributed by atoms with Gasteiger partial charge in [0.05, 0.1) is 12.6 Å². The van der Waals surface area contributed by atoms with Crippen molar-refractivity contribution in [2.45, 2.75) is 89.4 Å². The third-order valence-corrected chi connectivity index (χ3v) is 6.29. The molecule has 2 N–H and O–H groups in total. The standard InChI is InChI=1S/C20H32N2O5/c1-3-27-20(26)15(10-13-8-9-13)21-12(2)18(23)22-16-7-5-4-6-14(16)11-17(22)19(24)25/h12-17,21H,3-11H2,1-2H3,(H,24,25)/t12-,14?,15-,16?,17-/m0/s1. The summed E-state index contributed by atoms with van der Waals surface area (Å²) >= 11 is 0. The fourth-order valence-corrected chi connectivity index (χ4v) is 4.76. The lowest BCUT2D eigenvalue weighted by atomic mass is 9.84. The van der Waals surface area contributed by atoms with E-state index in [2.05, 4.69) is 5.32 Å². The molecule has 0 aromatic rings. The predicted octanol–water partition coefficient (Wildman–Crippen LogP) is 1.94. The number of carboxylic acid groups (broad SMARTS) is 1. The first kappa shape index (κ1) is 20.1. The molecule has 2 unspecified atom stereocenters. The Morgan fingerprint density at radius 3 is 2.52 bits per heavy atom. The summed E-state index contributed by atoms with van der Waals surface area (Å²) in [5.74, 6) is -0.665. The number of carboxylic acids is 1. The molecule has 1 amide bonds. The average Bonchev–Trinajstić information content (AvgIpc) is 3.37. The number of rotatable bonds is 8. The highest BCUT2D eigenvalue weighted by molar-refractivity contribution is 5.88. The molecule has 152 valence electrons. The fourth-order valence-electron chi connectivity index (χ4n) is 4.76. The van der Waals surface area contributed by atoms with Gasteiger partial charge in [-0.05, 0) is 51.4 Å². The van der Waals surface area contributed by atoms with Crippen molar-refractivity contribution in [3.05, 3.63) is 0 Å². The van der Waals surface area contributed by atoms with Crippen LogP contribution < -0.4 is 5.32 Å². The molecule has 1 saturated heterocycles. The zero-order valence-electron chi connectivity index (χ0n) is 16.4. The molecule has 3 aliphatic rings. The second-order valence-electron chi connectivity index (χ2n) is 8.32. The first-order valence-electron chi connectivity index (χ1n) is 10.4. The monoisotopic (exact) mass is 380 g/mol. The van der Waals surface area contributed by atoms with E-state index >= 15 is 0 Å². The predicted molar refractivity (Wildman–Crippen MR) is 99.0 cm³/mol. The van der Waals surface area contributed by atoms with E-state index in [-0.39, 0.29) is 23.8 Å². The van der Waals surface area contributed by atoms with Gasteiger partial charge in [-0.1, -0.05) is 25.7 Å². The molecule has 2 saturated carbocycles. The van der Waals surface area contributed by atoms with Gasteiger partial charge in [-0.15, -0.1) is 0 Å². The summed E-state index contributed by atoms with van der Waals surface area (Å²) in [5, 5.41) is 12.8. The number of hydrogen-bond acceptors (Lipinski definition) is 5. The third kappa shape index (κ3) is 4.62. The number of hydrogen-bond donors (Lipinski definition) is 2. The Morgan fingerprint density at radius 2 is 1.89 bits per heavy atom. The minimum Gasteiger partial charge on any atom is -0.480 e. The second kappa shape index (κ2) is 8.59. The first-order chi connectivity index (χ1) is 12.9. The molecular formula is C20H32N2O5. The van der Waals surface area contributed by atoms with Crippen LogP contribution in [0, 0.1) is 11.8 Å². The summed E-state index contributed by atoms with van der Waals surface area (Å²) in [6.45, 7) is 3.81. The van der Waals surface area contributed by atoms with Crippen LogP contribution in [0.1, 0.15) is 65.2 Å². The maximum absolute atomic E-state index is 13.2. The zero-order valence-corrected chi connectivity index (χ0v) is 16.4. The molecule has 1 aliphatic heterocycles. The van der Waals surface area contributed by atoms with Gasteiger partial charge < -0.3 is 14.7 Å². The van der Waals surface area contributed by atoms with Gasteiger partial charge >= 0.3 is 11.9 Å².